The molecule has 1 aliphatic rings. The normalized spacial score (nSPS) is 15.4. The molecule has 1 aliphatic carbocycles. The SMILES string of the molecule is CCCC1(CCC)C(=O)C=C1NC(Cc1ccc(Oc2nccc3ccncc23)cc1)C(=O)O. The Labute approximate surface area is 198 Å². The zero-order valence-corrected chi connectivity index (χ0v) is 19.5. The van der Waals surface area contributed by atoms with Gasteiger partial charge in [0, 0.05) is 36.8 Å². The highest BCUT2D eigenvalue weighted by Crippen LogP contribution is 2.44. The highest BCUT2D eigenvalue weighted by molar-refractivity contribution is 6.05. The molecule has 1 aromatic carbocycles. The van der Waals surface area contributed by atoms with Gasteiger partial charge in [-0.3, -0.25) is 9.78 Å². The maximum absolute atomic E-state index is 12.4. The number of nitrogens with zero attached hydrogens (tertiary/aromatic N) is 2. The molecule has 7 nitrogen and oxygen atoms in total. The predicted molar refractivity (Wildman–Crippen MR) is 130 cm³/mol. The molecule has 0 radical (unpaired) electrons. The number of carbonyl (C=O) groups is 2. The van der Waals surface area contributed by atoms with Gasteiger partial charge in [0.15, 0.2) is 5.78 Å². The number of rotatable bonds is 11. The van der Waals surface area contributed by atoms with E-state index in [1.807, 2.05) is 38.1 Å². The lowest BCUT2D eigenvalue weighted by Gasteiger charge is -2.42. The van der Waals surface area contributed by atoms with Crippen LogP contribution in [0.15, 0.2) is 66.8 Å². The van der Waals surface area contributed by atoms with Crippen LogP contribution in [0.4, 0.5) is 0 Å². The van der Waals surface area contributed by atoms with E-state index >= 15 is 0 Å². The number of ketones is 1. The molecule has 1 unspecified atom stereocenters. The van der Waals surface area contributed by atoms with E-state index in [0.29, 0.717) is 11.6 Å². The average molecular weight is 460 g/mol. The molecular formula is C27H29N3O4. The van der Waals surface area contributed by atoms with Crippen molar-refractivity contribution in [3.8, 4) is 11.6 Å². The first-order chi connectivity index (χ1) is 16.5. The van der Waals surface area contributed by atoms with E-state index in [2.05, 4.69) is 15.3 Å². The van der Waals surface area contributed by atoms with E-state index in [0.717, 1.165) is 47.7 Å². The van der Waals surface area contributed by atoms with E-state index in [-0.39, 0.29) is 12.2 Å². The molecule has 176 valence electrons. The number of ether oxygens (including phenoxy) is 1. The fraction of sp³-hybridized carbons (Fsp3) is 0.333. The topological polar surface area (TPSA) is 101 Å². The van der Waals surface area contributed by atoms with Crippen molar-refractivity contribution in [3.63, 3.8) is 0 Å². The molecule has 2 N–H and O–H groups in total. The van der Waals surface area contributed by atoms with Crippen molar-refractivity contribution in [1.29, 1.82) is 0 Å². The second-order valence-electron chi connectivity index (χ2n) is 8.70. The standard InChI is InChI=1S/C27H29N3O4/c1-3-11-27(12-4-2)23(16-24(27)31)30-22(26(32)33)15-18-5-7-20(8-6-18)34-25-21-17-28-13-9-19(21)10-14-29-25/h5-10,13-14,16-17,22,30H,3-4,11-12,15H2,1-2H3,(H,32,33). The number of aliphatic carboxylic acids is 1. The Morgan fingerprint density at radius 3 is 2.44 bits per heavy atom. The van der Waals surface area contributed by atoms with Gasteiger partial charge < -0.3 is 15.2 Å². The van der Waals surface area contributed by atoms with Crippen LogP contribution < -0.4 is 10.1 Å². The molecule has 2 aromatic heterocycles. The van der Waals surface area contributed by atoms with Crippen molar-refractivity contribution in [2.75, 3.05) is 0 Å². The van der Waals surface area contributed by atoms with Crippen molar-refractivity contribution in [3.05, 3.63) is 72.3 Å². The molecule has 7 heteroatoms. The largest absolute Gasteiger partial charge is 0.480 e. The third-order valence-electron chi connectivity index (χ3n) is 6.35. The highest BCUT2D eigenvalue weighted by atomic mass is 16.5. The number of aromatic nitrogens is 2. The van der Waals surface area contributed by atoms with Crippen LogP contribution in [-0.4, -0.2) is 32.9 Å². The molecule has 2 heterocycles. The van der Waals surface area contributed by atoms with E-state index in [1.54, 1.807) is 36.8 Å². The third-order valence-corrected chi connectivity index (χ3v) is 6.35. The number of fused-ring (bicyclic) bond motifs is 1. The van der Waals surface area contributed by atoms with Crippen LogP contribution in [0.5, 0.6) is 11.6 Å². The highest BCUT2D eigenvalue weighted by Gasteiger charge is 2.47. The Balaban J connectivity index is 1.46. The fourth-order valence-electron chi connectivity index (χ4n) is 4.63. The number of carbonyl (C=O) groups excluding carboxylic acids is 1. The number of nitrogens with one attached hydrogen (secondary N) is 1. The summed E-state index contributed by atoms with van der Waals surface area (Å²) in [6.45, 7) is 4.09. The first kappa shape index (κ1) is 23.4. The molecule has 0 bridgehead atoms. The summed E-state index contributed by atoms with van der Waals surface area (Å²) in [6, 6.07) is 10.3. The van der Waals surface area contributed by atoms with Gasteiger partial charge in [0.05, 0.1) is 10.8 Å². The second kappa shape index (κ2) is 10.0. The number of pyridine rings is 2. The zero-order chi connectivity index (χ0) is 24.1. The maximum atomic E-state index is 12.4. The van der Waals surface area contributed by atoms with Gasteiger partial charge in [-0.15, -0.1) is 0 Å². The van der Waals surface area contributed by atoms with Crippen LogP contribution in [0.3, 0.4) is 0 Å². The molecule has 0 fully saturated rings. The van der Waals surface area contributed by atoms with Crippen LogP contribution in [0.2, 0.25) is 0 Å². The summed E-state index contributed by atoms with van der Waals surface area (Å²) in [4.78, 5) is 32.9. The van der Waals surface area contributed by atoms with Crippen LogP contribution in [0.1, 0.15) is 45.1 Å². The summed E-state index contributed by atoms with van der Waals surface area (Å²) in [6.07, 6.45) is 10.2. The predicted octanol–water partition coefficient (Wildman–Crippen LogP) is 5.06. The molecule has 0 spiro atoms. The molecule has 0 saturated heterocycles. The second-order valence-corrected chi connectivity index (χ2v) is 8.70. The van der Waals surface area contributed by atoms with Crippen molar-refractivity contribution < 1.29 is 19.4 Å². The Morgan fingerprint density at radius 2 is 1.79 bits per heavy atom. The number of carboxylic acid groups (broad SMARTS) is 1. The van der Waals surface area contributed by atoms with Gasteiger partial charge >= 0.3 is 5.97 Å². The van der Waals surface area contributed by atoms with Gasteiger partial charge in [0.2, 0.25) is 5.88 Å². The van der Waals surface area contributed by atoms with Gasteiger partial charge in [-0.2, -0.15) is 0 Å². The molecule has 1 atom stereocenters. The van der Waals surface area contributed by atoms with Crippen LogP contribution >= 0.6 is 0 Å². The quantitative estimate of drug-likeness (QED) is 0.413. The minimum absolute atomic E-state index is 0.0987. The Bertz CT molecular complexity index is 1210. The third kappa shape index (κ3) is 4.64. The first-order valence-corrected chi connectivity index (χ1v) is 11.7. The van der Waals surface area contributed by atoms with Gasteiger partial charge in [-0.25, -0.2) is 9.78 Å². The molecule has 0 aliphatic heterocycles. The Kier molecular flexibility index (Phi) is 6.91. The summed E-state index contributed by atoms with van der Waals surface area (Å²) in [7, 11) is 0. The monoisotopic (exact) mass is 459 g/mol. The molecule has 4 rings (SSSR count). The zero-order valence-electron chi connectivity index (χ0n) is 19.5. The van der Waals surface area contributed by atoms with E-state index < -0.39 is 17.4 Å². The molecule has 34 heavy (non-hydrogen) atoms. The minimum Gasteiger partial charge on any atom is -0.480 e. The van der Waals surface area contributed by atoms with E-state index in [9.17, 15) is 14.7 Å². The summed E-state index contributed by atoms with van der Waals surface area (Å²) < 4.78 is 5.95. The van der Waals surface area contributed by atoms with Crippen LogP contribution in [0, 0.1) is 5.41 Å². The number of hydrogen-bond donors (Lipinski definition) is 2. The molecule has 0 saturated carbocycles. The summed E-state index contributed by atoms with van der Waals surface area (Å²) in [5.74, 6) is 0.217. The van der Waals surface area contributed by atoms with E-state index in [4.69, 9.17) is 4.74 Å². The fourth-order valence-corrected chi connectivity index (χ4v) is 4.63. The lowest BCUT2D eigenvalue weighted by atomic mass is 9.65. The number of carboxylic acids is 1. The van der Waals surface area contributed by atoms with Gasteiger partial charge in [0.25, 0.3) is 0 Å². The Hall–Kier alpha value is -3.74. The first-order valence-electron chi connectivity index (χ1n) is 11.7. The van der Waals surface area contributed by atoms with Crippen molar-refractivity contribution >= 4 is 22.5 Å². The minimum atomic E-state index is -0.949. The molecule has 3 aromatic rings. The molecular weight excluding hydrogens is 430 g/mol. The summed E-state index contributed by atoms with van der Waals surface area (Å²) >= 11 is 0. The smallest absolute Gasteiger partial charge is 0.326 e. The van der Waals surface area contributed by atoms with Crippen molar-refractivity contribution in [1.82, 2.24) is 15.3 Å². The van der Waals surface area contributed by atoms with Crippen molar-refractivity contribution in [2.24, 2.45) is 5.41 Å². The van der Waals surface area contributed by atoms with Gasteiger partial charge in [-0.1, -0.05) is 38.8 Å². The molecule has 0 amide bonds. The van der Waals surface area contributed by atoms with Crippen LogP contribution in [0.25, 0.3) is 10.8 Å². The van der Waals surface area contributed by atoms with Gasteiger partial charge in [0.1, 0.15) is 11.8 Å². The number of benzene rings is 1. The van der Waals surface area contributed by atoms with Crippen molar-refractivity contribution in [2.45, 2.75) is 52.0 Å². The number of hydrogen-bond acceptors (Lipinski definition) is 6. The van der Waals surface area contributed by atoms with E-state index in [1.165, 1.54) is 0 Å². The number of allylic oxidation sites excluding steroid dienone is 2. The lowest BCUT2D eigenvalue weighted by molar-refractivity contribution is -0.140. The summed E-state index contributed by atoms with van der Waals surface area (Å²) in [5.41, 5.74) is 1.04. The average Bonchev–Trinajstić information content (AvgIpc) is 2.84. The lowest BCUT2D eigenvalue weighted by Crippen LogP contribution is -2.51. The van der Waals surface area contributed by atoms with Gasteiger partial charge in [-0.05, 0) is 48.1 Å². The Morgan fingerprint density at radius 1 is 1.09 bits per heavy atom. The maximum Gasteiger partial charge on any atom is 0.326 e. The summed E-state index contributed by atoms with van der Waals surface area (Å²) in [5, 5.41) is 14.8. The van der Waals surface area contributed by atoms with Crippen LogP contribution in [-0.2, 0) is 16.0 Å².